The van der Waals surface area contributed by atoms with E-state index in [2.05, 4.69) is 54.6 Å². The second-order valence-electron chi connectivity index (χ2n) is 3.15. The third-order valence-corrected chi connectivity index (χ3v) is 4.26. The minimum absolute atomic E-state index is 1.13. The van der Waals surface area contributed by atoms with Crippen molar-refractivity contribution in [3.05, 3.63) is 32.2 Å². The number of hydrogen-bond donors (Lipinski definition) is 0. The smallest absolute Gasteiger partial charge is 0.0349 e. The monoisotopic (exact) mass is 302 g/mol. The highest BCUT2D eigenvalue weighted by atomic mass is 127. The molecule has 0 spiro atoms. The minimum atomic E-state index is 1.13. The Morgan fingerprint density at radius 3 is 2.85 bits per heavy atom. The van der Waals surface area contributed by atoms with Crippen LogP contribution in [0.25, 0.3) is 10.1 Å². The van der Waals surface area contributed by atoms with Crippen LogP contribution in [-0.4, -0.2) is 0 Å². The lowest BCUT2D eigenvalue weighted by Gasteiger charge is -2.01. The van der Waals surface area contributed by atoms with Crippen molar-refractivity contribution < 1.29 is 0 Å². The third-order valence-electron chi connectivity index (χ3n) is 2.23. The molecule has 0 N–H and O–H groups in total. The summed E-state index contributed by atoms with van der Waals surface area (Å²) in [5, 5.41) is 1.46. The predicted molar refractivity (Wildman–Crippen MR) is 68.7 cm³/mol. The van der Waals surface area contributed by atoms with Gasteiger partial charge >= 0.3 is 0 Å². The molecule has 0 saturated carbocycles. The Hall–Kier alpha value is -0.0900. The number of fused-ring (bicyclic) bond motifs is 1. The van der Waals surface area contributed by atoms with E-state index in [9.17, 15) is 0 Å². The molecule has 0 fully saturated rings. The molecule has 2 aromatic rings. The fourth-order valence-corrected chi connectivity index (χ4v) is 3.43. The number of benzene rings is 1. The Bertz CT molecular complexity index is 443. The van der Waals surface area contributed by atoms with Gasteiger partial charge < -0.3 is 0 Å². The highest BCUT2D eigenvalue weighted by Gasteiger charge is 2.05. The molecule has 0 aliphatic heterocycles. The van der Waals surface area contributed by atoms with Gasteiger partial charge in [0, 0.05) is 13.1 Å². The van der Waals surface area contributed by atoms with Crippen LogP contribution in [0.5, 0.6) is 0 Å². The van der Waals surface area contributed by atoms with Gasteiger partial charge in [0.05, 0.1) is 0 Å². The van der Waals surface area contributed by atoms with Crippen LogP contribution in [0.15, 0.2) is 18.2 Å². The van der Waals surface area contributed by atoms with Gasteiger partial charge in [0.25, 0.3) is 0 Å². The van der Waals surface area contributed by atoms with Gasteiger partial charge in [-0.05, 0) is 65.1 Å². The van der Waals surface area contributed by atoms with E-state index in [4.69, 9.17) is 0 Å². The van der Waals surface area contributed by atoms with Crippen LogP contribution >= 0.6 is 33.9 Å². The molecule has 0 saturated heterocycles. The Kier molecular flexibility index (Phi) is 2.60. The third kappa shape index (κ3) is 1.62. The molecule has 1 aromatic heterocycles. The zero-order valence-corrected chi connectivity index (χ0v) is 10.7. The van der Waals surface area contributed by atoms with E-state index in [-0.39, 0.29) is 0 Å². The first-order valence-electron chi connectivity index (χ1n) is 4.40. The molecule has 1 aromatic carbocycles. The van der Waals surface area contributed by atoms with Gasteiger partial charge in [0.2, 0.25) is 0 Å². The van der Waals surface area contributed by atoms with Crippen molar-refractivity contribution in [1.82, 2.24) is 0 Å². The zero-order chi connectivity index (χ0) is 9.42. The van der Waals surface area contributed by atoms with E-state index in [1.807, 2.05) is 11.3 Å². The van der Waals surface area contributed by atoms with Crippen molar-refractivity contribution in [3.8, 4) is 0 Å². The Morgan fingerprint density at radius 2 is 2.15 bits per heavy atom. The number of aryl methyl sites for hydroxylation is 2. The number of rotatable bonds is 1. The summed E-state index contributed by atoms with van der Waals surface area (Å²) in [6.07, 6.45) is 1.13. The molecule has 2 heteroatoms. The molecule has 2 rings (SSSR count). The predicted octanol–water partition coefficient (Wildman–Crippen LogP) is 4.38. The van der Waals surface area contributed by atoms with Crippen LogP contribution in [0, 0.1) is 10.5 Å². The van der Waals surface area contributed by atoms with Crippen molar-refractivity contribution in [1.29, 1.82) is 0 Å². The number of halogens is 1. The molecule has 0 aliphatic carbocycles. The summed E-state index contributed by atoms with van der Waals surface area (Å²) >= 11 is 4.31. The van der Waals surface area contributed by atoms with Crippen molar-refractivity contribution >= 4 is 44.0 Å². The molecule has 0 unspecified atom stereocenters. The Morgan fingerprint density at radius 1 is 1.38 bits per heavy atom. The SMILES string of the molecule is CCc1c(I)ccc2sc(C)cc12. The summed E-state index contributed by atoms with van der Waals surface area (Å²) in [6.45, 7) is 4.40. The fourth-order valence-electron chi connectivity index (χ4n) is 1.63. The average molecular weight is 302 g/mol. The molecule has 0 nitrogen and oxygen atoms in total. The van der Waals surface area contributed by atoms with Crippen LogP contribution < -0.4 is 0 Å². The minimum Gasteiger partial charge on any atom is -0.141 e. The summed E-state index contributed by atoms with van der Waals surface area (Å²) in [6, 6.07) is 6.76. The highest BCUT2D eigenvalue weighted by Crippen LogP contribution is 2.30. The lowest BCUT2D eigenvalue weighted by Crippen LogP contribution is -1.85. The van der Waals surface area contributed by atoms with E-state index < -0.39 is 0 Å². The summed E-state index contributed by atoms with van der Waals surface area (Å²) in [5.41, 5.74) is 1.50. The molecule has 1 heterocycles. The quantitative estimate of drug-likeness (QED) is 0.686. The van der Waals surface area contributed by atoms with Crippen LogP contribution in [0.4, 0.5) is 0 Å². The van der Waals surface area contributed by atoms with Gasteiger partial charge in [0.1, 0.15) is 0 Å². The normalized spacial score (nSPS) is 11.0. The van der Waals surface area contributed by atoms with Gasteiger partial charge in [0.15, 0.2) is 0 Å². The molecule has 0 aliphatic rings. The number of hydrogen-bond acceptors (Lipinski definition) is 1. The fraction of sp³-hybridized carbons (Fsp3) is 0.273. The Labute approximate surface area is 96.1 Å². The summed E-state index contributed by atoms with van der Waals surface area (Å²) in [7, 11) is 0. The molecule has 13 heavy (non-hydrogen) atoms. The molecule has 0 bridgehead atoms. The summed E-state index contributed by atoms with van der Waals surface area (Å²) < 4.78 is 2.82. The maximum atomic E-state index is 2.42. The highest BCUT2D eigenvalue weighted by molar-refractivity contribution is 14.1. The largest absolute Gasteiger partial charge is 0.141 e. The second kappa shape index (κ2) is 3.58. The van der Waals surface area contributed by atoms with Gasteiger partial charge in [-0.2, -0.15) is 0 Å². The van der Waals surface area contributed by atoms with E-state index in [0.29, 0.717) is 0 Å². The van der Waals surface area contributed by atoms with Crippen molar-refractivity contribution in [3.63, 3.8) is 0 Å². The van der Waals surface area contributed by atoms with E-state index in [1.54, 1.807) is 0 Å². The lowest BCUT2D eigenvalue weighted by molar-refractivity contribution is 1.15. The molecule has 0 radical (unpaired) electrons. The topological polar surface area (TPSA) is 0 Å². The Balaban J connectivity index is 2.82. The maximum absolute atomic E-state index is 2.42. The van der Waals surface area contributed by atoms with Crippen LogP contribution in [-0.2, 0) is 6.42 Å². The first-order valence-corrected chi connectivity index (χ1v) is 6.29. The van der Waals surface area contributed by atoms with Gasteiger partial charge in [-0.15, -0.1) is 11.3 Å². The summed E-state index contributed by atoms with van der Waals surface area (Å²) in [4.78, 5) is 1.41. The molecular formula is C11H11IS. The van der Waals surface area contributed by atoms with E-state index >= 15 is 0 Å². The molecule has 0 amide bonds. The first kappa shape index (κ1) is 9.46. The van der Waals surface area contributed by atoms with Crippen molar-refractivity contribution in [2.24, 2.45) is 0 Å². The van der Waals surface area contributed by atoms with E-state index in [1.165, 1.54) is 24.1 Å². The van der Waals surface area contributed by atoms with Crippen LogP contribution in [0.1, 0.15) is 17.4 Å². The summed E-state index contributed by atoms with van der Waals surface area (Å²) in [5.74, 6) is 0. The van der Waals surface area contributed by atoms with Crippen LogP contribution in [0.2, 0.25) is 0 Å². The zero-order valence-electron chi connectivity index (χ0n) is 7.73. The molecule has 0 atom stereocenters. The molecule has 68 valence electrons. The van der Waals surface area contributed by atoms with Crippen molar-refractivity contribution in [2.75, 3.05) is 0 Å². The standard InChI is InChI=1S/C11H11IS/c1-3-8-9-6-7(2)13-11(9)5-4-10(8)12/h4-6H,3H2,1-2H3. The van der Waals surface area contributed by atoms with Gasteiger partial charge in [-0.3, -0.25) is 0 Å². The lowest BCUT2D eigenvalue weighted by atomic mass is 10.1. The van der Waals surface area contributed by atoms with Gasteiger partial charge in [-0.1, -0.05) is 6.92 Å². The average Bonchev–Trinajstić information content (AvgIpc) is 2.45. The second-order valence-corrected chi connectivity index (χ2v) is 5.60. The first-order chi connectivity index (χ1) is 6.22. The van der Waals surface area contributed by atoms with E-state index in [0.717, 1.165) is 6.42 Å². The maximum Gasteiger partial charge on any atom is 0.0349 e. The van der Waals surface area contributed by atoms with Gasteiger partial charge in [-0.25, -0.2) is 0 Å². The van der Waals surface area contributed by atoms with Crippen LogP contribution in [0.3, 0.4) is 0 Å². The van der Waals surface area contributed by atoms with Crippen molar-refractivity contribution in [2.45, 2.75) is 20.3 Å². The number of thiophene rings is 1. The molecular weight excluding hydrogens is 291 g/mol.